The summed E-state index contributed by atoms with van der Waals surface area (Å²) in [6.07, 6.45) is 0. The van der Waals surface area contributed by atoms with Gasteiger partial charge in [-0.05, 0) is 45.4 Å². The first-order valence-electron chi connectivity index (χ1n) is 5.18. The average Bonchev–Trinajstić information content (AvgIpc) is 2.15. The smallest absolute Gasteiger partial charge is 0.232 e. The number of nitrogens with zero attached hydrogens (tertiary/aromatic N) is 1. The van der Waals surface area contributed by atoms with Crippen LogP contribution in [-0.4, -0.2) is 16.8 Å². The van der Waals surface area contributed by atoms with Gasteiger partial charge < -0.3 is 5.32 Å². The third-order valence-electron chi connectivity index (χ3n) is 2.29. The molecule has 88 valence electrons. The summed E-state index contributed by atoms with van der Waals surface area (Å²) >= 11 is 5.74. The molecule has 1 N–H and O–H groups in total. The van der Waals surface area contributed by atoms with Gasteiger partial charge in [0.15, 0.2) is 0 Å². The number of pyridine rings is 1. The van der Waals surface area contributed by atoms with E-state index in [-0.39, 0.29) is 11.8 Å². The molecule has 4 heteroatoms. The largest absolute Gasteiger partial charge is 0.310 e. The van der Waals surface area contributed by atoms with Crippen molar-refractivity contribution in [2.24, 2.45) is 5.41 Å². The van der Waals surface area contributed by atoms with Crippen LogP contribution in [0.15, 0.2) is 12.1 Å². The van der Waals surface area contributed by atoms with Crippen molar-refractivity contribution in [1.82, 2.24) is 4.98 Å². The van der Waals surface area contributed by atoms with Gasteiger partial charge >= 0.3 is 0 Å². The molecule has 1 heterocycles. The number of carbonyl (C=O) groups excluding carboxylic acids is 1. The molecule has 16 heavy (non-hydrogen) atoms. The van der Waals surface area contributed by atoms with Gasteiger partial charge in [-0.3, -0.25) is 4.79 Å². The summed E-state index contributed by atoms with van der Waals surface area (Å²) < 4.78 is 0. The molecular weight excluding hydrogens is 224 g/mol. The normalized spacial score (nSPS) is 11.3. The molecule has 0 radical (unpaired) electrons. The fourth-order valence-electron chi connectivity index (χ4n) is 1.25. The van der Waals surface area contributed by atoms with Gasteiger partial charge in [0.25, 0.3) is 0 Å². The molecule has 0 aliphatic rings. The number of hydrogen-bond donors (Lipinski definition) is 1. The van der Waals surface area contributed by atoms with Crippen LogP contribution < -0.4 is 5.32 Å². The van der Waals surface area contributed by atoms with Crippen molar-refractivity contribution < 1.29 is 4.79 Å². The number of alkyl halides is 1. The molecule has 0 aromatic carbocycles. The lowest BCUT2D eigenvalue weighted by molar-refractivity contribution is -0.123. The fraction of sp³-hybridized carbons (Fsp3) is 0.500. The maximum Gasteiger partial charge on any atom is 0.232 e. The van der Waals surface area contributed by atoms with Gasteiger partial charge in [-0.1, -0.05) is 0 Å². The van der Waals surface area contributed by atoms with Crippen molar-refractivity contribution in [2.45, 2.75) is 27.7 Å². The number of aryl methyl sites for hydroxylation is 2. The molecule has 0 aliphatic carbocycles. The molecule has 0 bridgehead atoms. The van der Waals surface area contributed by atoms with E-state index in [9.17, 15) is 4.79 Å². The predicted molar refractivity (Wildman–Crippen MR) is 66.8 cm³/mol. The Bertz CT molecular complexity index is 382. The SMILES string of the molecule is Cc1cc(C)nc(NC(=O)C(C)(C)CCl)c1. The molecule has 0 saturated heterocycles. The summed E-state index contributed by atoms with van der Waals surface area (Å²) in [5.41, 5.74) is 1.38. The second-order valence-electron chi connectivity index (χ2n) is 4.64. The standard InChI is InChI=1S/C12H17ClN2O/c1-8-5-9(2)14-10(6-8)15-11(16)12(3,4)7-13/h5-6H,7H2,1-4H3,(H,14,15,16). The number of halogens is 1. The summed E-state index contributed by atoms with van der Waals surface area (Å²) in [6.45, 7) is 7.47. The molecule has 0 spiro atoms. The highest BCUT2D eigenvalue weighted by atomic mass is 35.5. The minimum atomic E-state index is -0.582. The number of hydrogen-bond acceptors (Lipinski definition) is 2. The van der Waals surface area contributed by atoms with Crippen LogP contribution >= 0.6 is 11.6 Å². The van der Waals surface area contributed by atoms with Crippen molar-refractivity contribution in [3.8, 4) is 0 Å². The lowest BCUT2D eigenvalue weighted by Crippen LogP contribution is -2.32. The first-order valence-corrected chi connectivity index (χ1v) is 5.71. The first kappa shape index (κ1) is 13.0. The van der Waals surface area contributed by atoms with E-state index >= 15 is 0 Å². The Morgan fingerprint density at radius 2 is 2.06 bits per heavy atom. The second-order valence-corrected chi connectivity index (χ2v) is 4.91. The quantitative estimate of drug-likeness (QED) is 0.826. The zero-order chi connectivity index (χ0) is 12.3. The number of nitrogens with one attached hydrogen (secondary N) is 1. The third-order valence-corrected chi connectivity index (χ3v) is 2.96. The van der Waals surface area contributed by atoms with Crippen LogP contribution in [0.1, 0.15) is 25.1 Å². The van der Waals surface area contributed by atoms with Crippen molar-refractivity contribution >= 4 is 23.3 Å². The minimum Gasteiger partial charge on any atom is -0.310 e. The van der Waals surface area contributed by atoms with E-state index in [4.69, 9.17) is 11.6 Å². The maximum absolute atomic E-state index is 11.9. The summed E-state index contributed by atoms with van der Waals surface area (Å²) in [7, 11) is 0. The summed E-state index contributed by atoms with van der Waals surface area (Å²) in [6, 6.07) is 3.80. The second kappa shape index (κ2) is 4.83. The number of carbonyl (C=O) groups is 1. The molecule has 0 atom stereocenters. The third kappa shape index (κ3) is 3.20. The summed E-state index contributed by atoms with van der Waals surface area (Å²) in [4.78, 5) is 16.1. The molecular formula is C12H17ClN2O. The van der Waals surface area contributed by atoms with Crippen LogP contribution in [0.3, 0.4) is 0 Å². The van der Waals surface area contributed by atoms with Crippen LogP contribution in [0.5, 0.6) is 0 Å². The minimum absolute atomic E-state index is 0.111. The lowest BCUT2D eigenvalue weighted by Gasteiger charge is -2.20. The van der Waals surface area contributed by atoms with Crippen LogP contribution in [0.25, 0.3) is 0 Å². The summed E-state index contributed by atoms with van der Waals surface area (Å²) in [5, 5.41) is 2.78. The van der Waals surface area contributed by atoms with E-state index < -0.39 is 5.41 Å². The summed E-state index contributed by atoms with van der Waals surface area (Å²) in [5.74, 6) is 0.754. The van der Waals surface area contributed by atoms with Gasteiger partial charge in [0.2, 0.25) is 5.91 Å². The molecule has 0 fully saturated rings. The van der Waals surface area contributed by atoms with Crippen molar-refractivity contribution in [1.29, 1.82) is 0 Å². The molecule has 1 rings (SSSR count). The van der Waals surface area contributed by atoms with Crippen LogP contribution in [0.2, 0.25) is 0 Å². The number of aromatic nitrogens is 1. The topological polar surface area (TPSA) is 42.0 Å². The number of rotatable bonds is 3. The van der Waals surface area contributed by atoms with Crippen LogP contribution in [-0.2, 0) is 4.79 Å². The Kier molecular flexibility index (Phi) is 3.92. The van der Waals surface area contributed by atoms with Gasteiger partial charge in [0.05, 0.1) is 5.41 Å². The van der Waals surface area contributed by atoms with Gasteiger partial charge in [0.1, 0.15) is 5.82 Å². The van der Waals surface area contributed by atoms with E-state index in [2.05, 4.69) is 10.3 Å². The molecule has 0 saturated carbocycles. The average molecular weight is 241 g/mol. The molecule has 0 aliphatic heterocycles. The maximum atomic E-state index is 11.9. The Morgan fingerprint density at radius 1 is 1.44 bits per heavy atom. The van der Waals surface area contributed by atoms with Gasteiger partial charge in [-0.25, -0.2) is 4.98 Å². The van der Waals surface area contributed by atoms with Crippen molar-refractivity contribution in [2.75, 3.05) is 11.2 Å². The zero-order valence-electron chi connectivity index (χ0n) is 10.1. The molecule has 1 aromatic heterocycles. The monoisotopic (exact) mass is 240 g/mol. The van der Waals surface area contributed by atoms with E-state index in [0.717, 1.165) is 11.3 Å². The Hall–Kier alpha value is -1.09. The number of anilines is 1. The van der Waals surface area contributed by atoms with Gasteiger partial charge in [-0.15, -0.1) is 11.6 Å². The van der Waals surface area contributed by atoms with Crippen LogP contribution in [0, 0.1) is 19.3 Å². The highest BCUT2D eigenvalue weighted by Crippen LogP contribution is 2.20. The molecule has 3 nitrogen and oxygen atoms in total. The number of amides is 1. The van der Waals surface area contributed by atoms with Crippen LogP contribution in [0.4, 0.5) is 5.82 Å². The zero-order valence-corrected chi connectivity index (χ0v) is 10.9. The van der Waals surface area contributed by atoms with Gasteiger partial charge in [-0.2, -0.15) is 0 Å². The van der Waals surface area contributed by atoms with Crippen molar-refractivity contribution in [3.63, 3.8) is 0 Å². The Labute approximate surface area is 101 Å². The molecule has 1 amide bonds. The van der Waals surface area contributed by atoms with E-state index in [1.807, 2.05) is 26.0 Å². The highest BCUT2D eigenvalue weighted by molar-refractivity contribution is 6.20. The van der Waals surface area contributed by atoms with E-state index in [0.29, 0.717) is 5.82 Å². The van der Waals surface area contributed by atoms with Crippen molar-refractivity contribution in [3.05, 3.63) is 23.4 Å². The first-order chi connectivity index (χ1) is 7.35. The van der Waals surface area contributed by atoms with E-state index in [1.54, 1.807) is 13.8 Å². The lowest BCUT2D eigenvalue weighted by atomic mass is 9.95. The highest BCUT2D eigenvalue weighted by Gasteiger charge is 2.26. The van der Waals surface area contributed by atoms with E-state index in [1.165, 1.54) is 0 Å². The molecule has 1 aromatic rings. The molecule has 0 unspecified atom stereocenters. The fourth-order valence-corrected chi connectivity index (χ4v) is 1.37. The Balaban J connectivity index is 2.85. The Morgan fingerprint density at radius 3 is 2.56 bits per heavy atom. The predicted octanol–water partition coefficient (Wildman–Crippen LogP) is 2.90. The van der Waals surface area contributed by atoms with Gasteiger partial charge in [0, 0.05) is 11.6 Å².